The standard InChI is InChI=1S/C36H21N3S/c1-2-11-23(12-3-1)34-36(38-30-16-8-7-15-29(30)37-34)39-31-17-9-6-14-25(31)27-20-28-26-19-18-22-10-4-5-13-24(22)35(26)40-33(28)21-32(27)39/h1-21H. The van der Waals surface area contributed by atoms with Gasteiger partial charge in [-0.05, 0) is 41.1 Å². The lowest BCUT2D eigenvalue weighted by molar-refractivity contribution is 1.08. The van der Waals surface area contributed by atoms with E-state index in [1.54, 1.807) is 0 Å². The molecule has 0 fully saturated rings. The fourth-order valence-corrected chi connectivity index (χ4v) is 7.38. The fourth-order valence-electron chi connectivity index (χ4n) is 6.13. The molecule has 0 saturated carbocycles. The molecule has 3 heterocycles. The molecule has 0 unspecified atom stereocenters. The van der Waals surface area contributed by atoms with Gasteiger partial charge >= 0.3 is 0 Å². The number of aromatic nitrogens is 3. The van der Waals surface area contributed by atoms with Crippen molar-refractivity contribution in [3.05, 3.63) is 127 Å². The third-order valence-electron chi connectivity index (χ3n) is 7.97. The molecule has 0 N–H and O–H groups in total. The first kappa shape index (κ1) is 21.8. The molecule has 0 aliphatic heterocycles. The molecule has 9 aromatic rings. The van der Waals surface area contributed by atoms with Crippen molar-refractivity contribution < 1.29 is 0 Å². The van der Waals surface area contributed by atoms with Crippen molar-refractivity contribution in [1.82, 2.24) is 14.5 Å². The Morgan fingerprint density at radius 3 is 2.10 bits per heavy atom. The molecular weight excluding hydrogens is 506 g/mol. The van der Waals surface area contributed by atoms with Gasteiger partial charge in [0.15, 0.2) is 5.82 Å². The SMILES string of the molecule is c1ccc(-c2nc3ccccc3nc2-n2c3ccccc3c3cc4c(cc32)sc2c3ccccc3ccc42)cc1. The lowest BCUT2D eigenvalue weighted by Crippen LogP contribution is -2.03. The monoisotopic (exact) mass is 527 g/mol. The van der Waals surface area contributed by atoms with Gasteiger partial charge in [-0.2, -0.15) is 0 Å². The van der Waals surface area contributed by atoms with E-state index < -0.39 is 0 Å². The zero-order valence-corrected chi connectivity index (χ0v) is 22.2. The number of hydrogen-bond acceptors (Lipinski definition) is 3. The molecule has 0 amide bonds. The Morgan fingerprint density at radius 2 is 1.23 bits per heavy atom. The van der Waals surface area contributed by atoms with Crippen LogP contribution in [0.25, 0.3) is 80.9 Å². The van der Waals surface area contributed by atoms with Crippen molar-refractivity contribution in [3.63, 3.8) is 0 Å². The molecule has 0 bridgehead atoms. The topological polar surface area (TPSA) is 30.7 Å². The van der Waals surface area contributed by atoms with Crippen LogP contribution in [0.5, 0.6) is 0 Å². The second kappa shape index (κ2) is 8.22. The average molecular weight is 528 g/mol. The van der Waals surface area contributed by atoms with Crippen molar-refractivity contribution >= 4 is 75.1 Å². The molecule has 40 heavy (non-hydrogen) atoms. The van der Waals surface area contributed by atoms with Crippen LogP contribution in [-0.2, 0) is 0 Å². The van der Waals surface area contributed by atoms with Gasteiger partial charge in [0.05, 0.1) is 22.1 Å². The van der Waals surface area contributed by atoms with Crippen LogP contribution in [0, 0.1) is 0 Å². The van der Waals surface area contributed by atoms with E-state index in [9.17, 15) is 0 Å². The van der Waals surface area contributed by atoms with Gasteiger partial charge in [-0.3, -0.25) is 4.57 Å². The largest absolute Gasteiger partial charge is 0.292 e. The van der Waals surface area contributed by atoms with Gasteiger partial charge in [0.1, 0.15) is 5.69 Å². The molecule has 0 spiro atoms. The third kappa shape index (κ3) is 3.05. The first-order valence-corrected chi connectivity index (χ1v) is 14.2. The number of nitrogens with zero attached hydrogens (tertiary/aromatic N) is 3. The van der Waals surface area contributed by atoms with Crippen LogP contribution in [0.1, 0.15) is 0 Å². The van der Waals surface area contributed by atoms with Crippen LogP contribution in [-0.4, -0.2) is 14.5 Å². The number of fused-ring (bicyclic) bond motifs is 9. The lowest BCUT2D eigenvalue weighted by atomic mass is 10.0. The first-order valence-electron chi connectivity index (χ1n) is 13.4. The summed E-state index contributed by atoms with van der Waals surface area (Å²) in [6, 6.07) is 45.1. The summed E-state index contributed by atoms with van der Waals surface area (Å²) in [5, 5.41) is 7.64. The smallest absolute Gasteiger partial charge is 0.165 e. The predicted molar refractivity (Wildman–Crippen MR) is 170 cm³/mol. The number of para-hydroxylation sites is 3. The summed E-state index contributed by atoms with van der Waals surface area (Å²) in [5.74, 6) is 0.849. The Kier molecular flexibility index (Phi) is 4.48. The van der Waals surface area contributed by atoms with Gasteiger partial charge < -0.3 is 0 Å². The Bertz CT molecular complexity index is 2430. The summed E-state index contributed by atoms with van der Waals surface area (Å²) < 4.78 is 4.93. The van der Waals surface area contributed by atoms with E-state index in [0.29, 0.717) is 0 Å². The van der Waals surface area contributed by atoms with E-state index in [-0.39, 0.29) is 0 Å². The Labute approximate surface area is 233 Å². The Balaban J connectivity index is 1.44. The van der Waals surface area contributed by atoms with Crippen molar-refractivity contribution in [3.8, 4) is 17.1 Å². The van der Waals surface area contributed by atoms with Crippen molar-refractivity contribution in [2.45, 2.75) is 0 Å². The minimum atomic E-state index is 0.849. The van der Waals surface area contributed by atoms with E-state index in [1.807, 2.05) is 41.7 Å². The zero-order valence-electron chi connectivity index (χ0n) is 21.4. The highest BCUT2D eigenvalue weighted by Gasteiger charge is 2.20. The molecule has 9 rings (SSSR count). The quantitative estimate of drug-likeness (QED) is 0.224. The van der Waals surface area contributed by atoms with Crippen LogP contribution in [0.4, 0.5) is 0 Å². The van der Waals surface area contributed by atoms with Crippen molar-refractivity contribution in [2.24, 2.45) is 0 Å². The van der Waals surface area contributed by atoms with Crippen LogP contribution in [0.3, 0.4) is 0 Å². The predicted octanol–water partition coefficient (Wildman–Crippen LogP) is 9.91. The zero-order chi connectivity index (χ0) is 26.2. The third-order valence-corrected chi connectivity index (χ3v) is 9.17. The summed E-state index contributed by atoms with van der Waals surface area (Å²) >= 11 is 1.87. The van der Waals surface area contributed by atoms with E-state index in [4.69, 9.17) is 9.97 Å². The lowest BCUT2D eigenvalue weighted by Gasteiger charge is -2.13. The number of thiophene rings is 1. The van der Waals surface area contributed by atoms with E-state index in [1.165, 1.54) is 41.7 Å². The van der Waals surface area contributed by atoms with Crippen LogP contribution in [0.2, 0.25) is 0 Å². The second-order valence-electron chi connectivity index (χ2n) is 10.2. The normalized spacial score (nSPS) is 12.0. The maximum atomic E-state index is 5.26. The summed E-state index contributed by atoms with van der Waals surface area (Å²) in [6.07, 6.45) is 0. The molecule has 0 aliphatic carbocycles. The number of benzene rings is 6. The van der Waals surface area contributed by atoms with Gasteiger partial charge in [-0.1, -0.05) is 97.1 Å². The minimum absolute atomic E-state index is 0.849. The highest BCUT2D eigenvalue weighted by atomic mass is 32.1. The van der Waals surface area contributed by atoms with E-state index >= 15 is 0 Å². The molecule has 0 atom stereocenters. The minimum Gasteiger partial charge on any atom is -0.292 e. The van der Waals surface area contributed by atoms with Gasteiger partial charge in [0.25, 0.3) is 0 Å². The Hall–Kier alpha value is -5.06. The molecule has 0 radical (unpaired) electrons. The Morgan fingerprint density at radius 1 is 0.500 bits per heavy atom. The molecule has 0 aliphatic rings. The summed E-state index contributed by atoms with van der Waals surface area (Å²) in [6.45, 7) is 0. The van der Waals surface area contributed by atoms with Gasteiger partial charge in [-0.15, -0.1) is 11.3 Å². The molecular formula is C36H21N3S. The van der Waals surface area contributed by atoms with Crippen LogP contribution < -0.4 is 0 Å². The average Bonchev–Trinajstić information content (AvgIpc) is 3.55. The van der Waals surface area contributed by atoms with Crippen LogP contribution >= 0.6 is 11.3 Å². The van der Waals surface area contributed by atoms with Gasteiger partial charge in [0, 0.05) is 36.5 Å². The molecule has 6 aromatic carbocycles. The fraction of sp³-hybridized carbons (Fsp3) is 0. The first-order chi connectivity index (χ1) is 19.8. The summed E-state index contributed by atoms with van der Waals surface area (Å²) in [4.78, 5) is 10.4. The summed E-state index contributed by atoms with van der Waals surface area (Å²) in [5.41, 5.74) is 5.99. The molecule has 3 nitrogen and oxygen atoms in total. The number of rotatable bonds is 2. The summed E-state index contributed by atoms with van der Waals surface area (Å²) in [7, 11) is 0. The van der Waals surface area contributed by atoms with Crippen molar-refractivity contribution in [2.75, 3.05) is 0 Å². The highest BCUT2D eigenvalue weighted by Crippen LogP contribution is 2.43. The second-order valence-corrected chi connectivity index (χ2v) is 11.3. The highest BCUT2D eigenvalue weighted by molar-refractivity contribution is 7.26. The maximum Gasteiger partial charge on any atom is 0.165 e. The molecule has 0 saturated heterocycles. The molecule has 4 heteroatoms. The number of hydrogen-bond donors (Lipinski definition) is 0. The van der Waals surface area contributed by atoms with Gasteiger partial charge in [0.2, 0.25) is 0 Å². The van der Waals surface area contributed by atoms with Gasteiger partial charge in [-0.25, -0.2) is 9.97 Å². The maximum absolute atomic E-state index is 5.26. The van der Waals surface area contributed by atoms with Crippen molar-refractivity contribution in [1.29, 1.82) is 0 Å². The van der Waals surface area contributed by atoms with E-state index in [2.05, 4.69) is 102 Å². The van der Waals surface area contributed by atoms with E-state index in [0.717, 1.165) is 39.1 Å². The molecule has 186 valence electrons. The molecule has 3 aromatic heterocycles. The van der Waals surface area contributed by atoms with Crippen LogP contribution in [0.15, 0.2) is 127 Å².